The average Bonchev–Trinajstić information content (AvgIpc) is 2.30. The van der Waals surface area contributed by atoms with Crippen LogP contribution in [0.15, 0.2) is 24.3 Å². The van der Waals surface area contributed by atoms with Gasteiger partial charge in [-0.2, -0.15) is 0 Å². The predicted octanol–water partition coefficient (Wildman–Crippen LogP) is 1.33. The largest absolute Gasteiger partial charge is 0.378 e. The molecular formula is C12H13NO. The van der Waals surface area contributed by atoms with Crippen LogP contribution in [0.5, 0.6) is 0 Å². The molecule has 0 aliphatic carbocycles. The van der Waals surface area contributed by atoms with Gasteiger partial charge >= 0.3 is 0 Å². The number of hydrogen-bond acceptors (Lipinski definition) is 2. The summed E-state index contributed by atoms with van der Waals surface area (Å²) in [7, 11) is 0. The highest BCUT2D eigenvalue weighted by Gasteiger charge is 2.14. The molecule has 0 radical (unpaired) electrons. The van der Waals surface area contributed by atoms with E-state index in [1.54, 1.807) is 0 Å². The second kappa shape index (κ2) is 4.28. The molecule has 0 spiro atoms. The molecule has 0 amide bonds. The van der Waals surface area contributed by atoms with Gasteiger partial charge in [0.1, 0.15) is 0 Å². The lowest BCUT2D eigenvalue weighted by Crippen LogP contribution is -2.34. The number of morpholine rings is 1. The molecular weight excluding hydrogens is 174 g/mol. The summed E-state index contributed by atoms with van der Waals surface area (Å²) in [6.45, 7) is 2.43. The Hall–Kier alpha value is -1.30. The maximum absolute atomic E-state index is 5.40. The van der Waals surface area contributed by atoms with Gasteiger partial charge in [0, 0.05) is 12.1 Å². The van der Waals surface area contributed by atoms with Crippen LogP contribution >= 0.6 is 0 Å². The second-order valence-corrected chi connectivity index (χ2v) is 3.35. The van der Waals surface area contributed by atoms with Crippen LogP contribution in [0, 0.1) is 12.3 Å². The minimum atomic E-state index is 0.289. The maximum atomic E-state index is 5.40. The Balaban J connectivity index is 2.18. The van der Waals surface area contributed by atoms with Crippen molar-refractivity contribution >= 4 is 0 Å². The molecule has 14 heavy (non-hydrogen) atoms. The van der Waals surface area contributed by atoms with E-state index in [1.165, 1.54) is 5.56 Å². The molecule has 1 aliphatic heterocycles. The molecule has 72 valence electrons. The Kier molecular flexibility index (Phi) is 2.83. The van der Waals surface area contributed by atoms with E-state index in [2.05, 4.69) is 17.3 Å². The van der Waals surface area contributed by atoms with Crippen molar-refractivity contribution in [1.82, 2.24) is 5.32 Å². The number of benzene rings is 1. The Bertz CT molecular complexity index is 348. The highest BCUT2D eigenvalue weighted by Crippen LogP contribution is 2.16. The summed E-state index contributed by atoms with van der Waals surface area (Å²) in [4.78, 5) is 0. The first kappa shape index (κ1) is 9.26. The van der Waals surface area contributed by atoms with Crippen LogP contribution in [0.25, 0.3) is 0 Å². The Labute approximate surface area is 84.3 Å². The summed E-state index contributed by atoms with van der Waals surface area (Å²) in [6.07, 6.45) is 5.35. The van der Waals surface area contributed by atoms with Crippen molar-refractivity contribution < 1.29 is 4.74 Å². The topological polar surface area (TPSA) is 21.3 Å². The van der Waals surface area contributed by atoms with E-state index < -0.39 is 0 Å². The first-order valence-electron chi connectivity index (χ1n) is 4.78. The third-order valence-electron chi connectivity index (χ3n) is 2.38. The average molecular weight is 187 g/mol. The van der Waals surface area contributed by atoms with Gasteiger partial charge in [-0.15, -0.1) is 6.42 Å². The fourth-order valence-electron chi connectivity index (χ4n) is 1.62. The molecule has 1 fully saturated rings. The molecule has 2 rings (SSSR count). The zero-order valence-electron chi connectivity index (χ0n) is 7.99. The fraction of sp³-hybridized carbons (Fsp3) is 0.333. The summed E-state index contributed by atoms with van der Waals surface area (Å²) in [5, 5.41) is 3.39. The summed E-state index contributed by atoms with van der Waals surface area (Å²) in [6, 6.07) is 8.32. The molecule has 0 bridgehead atoms. The normalized spacial score (nSPS) is 21.5. The summed E-state index contributed by atoms with van der Waals surface area (Å²) in [5.74, 6) is 2.64. The lowest BCUT2D eigenvalue weighted by atomic mass is 10.0. The van der Waals surface area contributed by atoms with Gasteiger partial charge in [0.2, 0.25) is 0 Å². The third kappa shape index (κ3) is 1.95. The van der Waals surface area contributed by atoms with E-state index in [0.717, 1.165) is 25.3 Å². The first-order valence-corrected chi connectivity index (χ1v) is 4.78. The first-order chi connectivity index (χ1) is 6.90. The molecule has 1 atom stereocenters. The molecule has 0 saturated carbocycles. The Morgan fingerprint density at radius 3 is 3.14 bits per heavy atom. The van der Waals surface area contributed by atoms with E-state index >= 15 is 0 Å². The summed E-state index contributed by atoms with van der Waals surface area (Å²) < 4.78 is 5.40. The predicted molar refractivity (Wildman–Crippen MR) is 55.9 cm³/mol. The van der Waals surface area contributed by atoms with Gasteiger partial charge in [-0.05, 0) is 17.7 Å². The van der Waals surface area contributed by atoms with Crippen molar-refractivity contribution in [2.75, 3.05) is 19.8 Å². The van der Waals surface area contributed by atoms with Crippen molar-refractivity contribution in [2.24, 2.45) is 0 Å². The Morgan fingerprint density at radius 1 is 1.50 bits per heavy atom. The van der Waals surface area contributed by atoms with Gasteiger partial charge in [-0.25, -0.2) is 0 Å². The number of ether oxygens (including phenoxy) is 1. The van der Waals surface area contributed by atoms with E-state index in [1.807, 2.05) is 18.2 Å². The molecule has 1 unspecified atom stereocenters. The number of nitrogens with one attached hydrogen (secondary N) is 1. The van der Waals surface area contributed by atoms with Crippen LogP contribution in [0.3, 0.4) is 0 Å². The molecule has 2 nitrogen and oxygen atoms in total. The lowest BCUT2D eigenvalue weighted by Gasteiger charge is -2.24. The monoisotopic (exact) mass is 187 g/mol. The fourth-order valence-corrected chi connectivity index (χ4v) is 1.62. The SMILES string of the molecule is C#Cc1cccc(C2COCCN2)c1. The quantitative estimate of drug-likeness (QED) is 0.670. The number of terminal acetylenes is 1. The van der Waals surface area contributed by atoms with Gasteiger partial charge in [-0.3, -0.25) is 0 Å². The molecule has 1 N–H and O–H groups in total. The molecule has 2 heteroatoms. The van der Waals surface area contributed by atoms with Gasteiger partial charge in [0.25, 0.3) is 0 Å². The van der Waals surface area contributed by atoms with E-state index in [4.69, 9.17) is 11.2 Å². The van der Waals surface area contributed by atoms with Crippen molar-refractivity contribution in [2.45, 2.75) is 6.04 Å². The molecule has 0 aromatic heterocycles. The molecule has 1 saturated heterocycles. The van der Waals surface area contributed by atoms with Gasteiger partial charge < -0.3 is 10.1 Å². The van der Waals surface area contributed by atoms with Crippen molar-refractivity contribution in [3.63, 3.8) is 0 Å². The third-order valence-corrected chi connectivity index (χ3v) is 2.38. The van der Waals surface area contributed by atoms with E-state index in [-0.39, 0.29) is 6.04 Å². The van der Waals surface area contributed by atoms with Crippen LogP contribution < -0.4 is 5.32 Å². The lowest BCUT2D eigenvalue weighted by molar-refractivity contribution is 0.0769. The minimum absolute atomic E-state index is 0.289. The number of hydrogen-bond donors (Lipinski definition) is 1. The van der Waals surface area contributed by atoms with Crippen LogP contribution in [0.4, 0.5) is 0 Å². The second-order valence-electron chi connectivity index (χ2n) is 3.35. The molecule has 1 aromatic carbocycles. The molecule has 1 heterocycles. The van der Waals surface area contributed by atoms with Gasteiger partial charge in [-0.1, -0.05) is 18.1 Å². The maximum Gasteiger partial charge on any atom is 0.0662 e. The van der Waals surface area contributed by atoms with Crippen LogP contribution in [0.1, 0.15) is 17.2 Å². The van der Waals surface area contributed by atoms with Crippen LogP contribution in [-0.4, -0.2) is 19.8 Å². The minimum Gasteiger partial charge on any atom is -0.378 e. The van der Waals surface area contributed by atoms with Gasteiger partial charge in [0.05, 0.1) is 19.3 Å². The zero-order chi connectivity index (χ0) is 9.80. The molecule has 1 aliphatic rings. The van der Waals surface area contributed by atoms with Crippen molar-refractivity contribution in [3.8, 4) is 12.3 Å². The summed E-state index contributed by atoms with van der Waals surface area (Å²) in [5.41, 5.74) is 2.13. The highest BCUT2D eigenvalue weighted by atomic mass is 16.5. The van der Waals surface area contributed by atoms with E-state index in [9.17, 15) is 0 Å². The highest BCUT2D eigenvalue weighted by molar-refractivity contribution is 5.36. The summed E-state index contributed by atoms with van der Waals surface area (Å²) >= 11 is 0. The standard InChI is InChI=1S/C12H13NO/c1-2-10-4-3-5-11(8-10)12-9-14-7-6-13-12/h1,3-5,8,12-13H,6-7,9H2. The van der Waals surface area contributed by atoms with Crippen LogP contribution in [-0.2, 0) is 4.74 Å². The van der Waals surface area contributed by atoms with Crippen LogP contribution in [0.2, 0.25) is 0 Å². The smallest absolute Gasteiger partial charge is 0.0662 e. The van der Waals surface area contributed by atoms with Gasteiger partial charge in [0.15, 0.2) is 0 Å². The van der Waals surface area contributed by atoms with Crippen molar-refractivity contribution in [1.29, 1.82) is 0 Å². The van der Waals surface area contributed by atoms with E-state index in [0.29, 0.717) is 0 Å². The Morgan fingerprint density at radius 2 is 2.43 bits per heavy atom. The number of rotatable bonds is 1. The molecule has 1 aromatic rings. The zero-order valence-corrected chi connectivity index (χ0v) is 7.99. The van der Waals surface area contributed by atoms with Crippen molar-refractivity contribution in [3.05, 3.63) is 35.4 Å².